The van der Waals surface area contributed by atoms with Crippen LogP contribution in [0.3, 0.4) is 0 Å². The minimum Gasteiger partial charge on any atom is -0.465 e. The highest BCUT2D eigenvalue weighted by molar-refractivity contribution is 5.93. The number of nitrogens with zero attached hydrogens (tertiary/aromatic N) is 4. The summed E-state index contributed by atoms with van der Waals surface area (Å²) in [5.41, 5.74) is 10.5. The Balaban J connectivity index is 1.75. The molecule has 0 aliphatic carbocycles. The van der Waals surface area contributed by atoms with E-state index < -0.39 is 23.4 Å². The molecule has 3 aromatic carbocycles. The SMILES string of the molecule is COC(=O)c1cc(-c2ccc(N3CCC(C)CC3)cc2)cc(-c2ccc(N=[N+]=[N-])c(C(F)(F)F)c2)c1. The molecule has 0 unspecified atom stereocenters. The number of anilines is 1. The monoisotopic (exact) mass is 494 g/mol. The van der Waals surface area contributed by atoms with Gasteiger partial charge >= 0.3 is 12.1 Å². The Morgan fingerprint density at radius 3 is 2.17 bits per heavy atom. The molecule has 0 radical (unpaired) electrons. The zero-order valence-corrected chi connectivity index (χ0v) is 19.9. The second-order valence-corrected chi connectivity index (χ2v) is 8.93. The molecule has 0 bridgehead atoms. The van der Waals surface area contributed by atoms with E-state index in [9.17, 15) is 18.0 Å². The Labute approximate surface area is 206 Å². The summed E-state index contributed by atoms with van der Waals surface area (Å²) >= 11 is 0. The minimum atomic E-state index is -4.72. The van der Waals surface area contributed by atoms with E-state index in [4.69, 9.17) is 10.3 Å². The first kappa shape index (κ1) is 25.1. The van der Waals surface area contributed by atoms with E-state index in [2.05, 4.69) is 21.8 Å². The maximum Gasteiger partial charge on any atom is 0.416 e. The number of azide groups is 1. The van der Waals surface area contributed by atoms with Gasteiger partial charge in [0.25, 0.3) is 0 Å². The first-order valence-corrected chi connectivity index (χ1v) is 11.5. The standard InChI is InChI=1S/C27H25F3N4O2/c1-17-9-11-34(12-10-17)23-6-3-18(4-7-23)20-13-21(15-22(14-20)26(35)36-2)19-5-8-25(32-33-31)24(16-19)27(28,29)30/h3-8,13-17H,9-12H2,1-2H3. The van der Waals surface area contributed by atoms with Gasteiger partial charge in [0.05, 0.1) is 18.2 Å². The maximum absolute atomic E-state index is 13.6. The topological polar surface area (TPSA) is 78.3 Å². The van der Waals surface area contributed by atoms with Gasteiger partial charge in [0.1, 0.15) is 0 Å². The van der Waals surface area contributed by atoms with Crippen LogP contribution in [0.4, 0.5) is 24.5 Å². The summed E-state index contributed by atoms with van der Waals surface area (Å²) in [6, 6.07) is 16.3. The number of halogens is 3. The number of piperidine rings is 1. The zero-order chi connectivity index (χ0) is 25.9. The fraction of sp³-hybridized carbons (Fsp3) is 0.296. The molecule has 1 aliphatic rings. The highest BCUT2D eigenvalue weighted by Gasteiger charge is 2.33. The van der Waals surface area contributed by atoms with Crippen molar-refractivity contribution in [1.29, 1.82) is 0 Å². The van der Waals surface area contributed by atoms with Gasteiger partial charge < -0.3 is 9.64 Å². The molecule has 36 heavy (non-hydrogen) atoms. The lowest BCUT2D eigenvalue weighted by molar-refractivity contribution is -0.137. The van der Waals surface area contributed by atoms with Crippen molar-refractivity contribution < 1.29 is 22.7 Å². The van der Waals surface area contributed by atoms with Gasteiger partial charge in [0, 0.05) is 29.4 Å². The Morgan fingerprint density at radius 2 is 1.58 bits per heavy atom. The molecular weight excluding hydrogens is 469 g/mol. The summed E-state index contributed by atoms with van der Waals surface area (Å²) in [5, 5.41) is 3.17. The molecule has 9 heteroatoms. The van der Waals surface area contributed by atoms with E-state index >= 15 is 0 Å². The molecule has 0 N–H and O–H groups in total. The predicted octanol–water partition coefficient (Wildman–Crippen LogP) is 8.00. The number of alkyl halides is 3. The van der Waals surface area contributed by atoms with Crippen molar-refractivity contribution in [1.82, 2.24) is 0 Å². The van der Waals surface area contributed by atoms with Crippen LogP contribution in [-0.2, 0) is 10.9 Å². The van der Waals surface area contributed by atoms with Crippen LogP contribution in [0, 0.1) is 5.92 Å². The third-order valence-electron chi connectivity index (χ3n) is 6.49. The minimum absolute atomic E-state index is 0.215. The smallest absolute Gasteiger partial charge is 0.416 e. The number of rotatable bonds is 5. The third-order valence-corrected chi connectivity index (χ3v) is 6.49. The number of hydrogen-bond acceptors (Lipinski definition) is 4. The fourth-order valence-electron chi connectivity index (χ4n) is 4.41. The fourth-order valence-corrected chi connectivity index (χ4v) is 4.41. The summed E-state index contributed by atoms with van der Waals surface area (Å²) in [5.74, 6) is 0.123. The van der Waals surface area contributed by atoms with Crippen molar-refractivity contribution in [3.8, 4) is 22.3 Å². The summed E-state index contributed by atoms with van der Waals surface area (Å²) in [4.78, 5) is 17.2. The van der Waals surface area contributed by atoms with Crippen molar-refractivity contribution in [3.05, 3.63) is 82.2 Å². The van der Waals surface area contributed by atoms with Crippen LogP contribution < -0.4 is 4.90 Å². The molecule has 3 aromatic rings. The summed E-state index contributed by atoms with van der Waals surface area (Å²) in [6.07, 6.45) is -2.43. The van der Waals surface area contributed by atoms with Gasteiger partial charge in [0.2, 0.25) is 0 Å². The molecule has 0 atom stereocenters. The molecule has 4 rings (SSSR count). The second-order valence-electron chi connectivity index (χ2n) is 8.93. The Kier molecular flexibility index (Phi) is 7.22. The highest BCUT2D eigenvalue weighted by Crippen LogP contribution is 2.40. The average Bonchev–Trinajstić information content (AvgIpc) is 2.88. The molecule has 6 nitrogen and oxygen atoms in total. The predicted molar refractivity (Wildman–Crippen MR) is 133 cm³/mol. The van der Waals surface area contributed by atoms with E-state index in [0.717, 1.165) is 55.2 Å². The van der Waals surface area contributed by atoms with Gasteiger partial charge in [-0.1, -0.05) is 36.3 Å². The van der Waals surface area contributed by atoms with Crippen LogP contribution in [0.2, 0.25) is 0 Å². The number of methoxy groups -OCH3 is 1. The van der Waals surface area contributed by atoms with E-state index in [1.807, 2.05) is 24.3 Å². The van der Waals surface area contributed by atoms with E-state index in [1.54, 1.807) is 12.1 Å². The molecule has 0 aromatic heterocycles. The first-order chi connectivity index (χ1) is 17.2. The number of benzene rings is 3. The lowest BCUT2D eigenvalue weighted by atomic mass is 9.94. The molecule has 0 saturated carbocycles. The van der Waals surface area contributed by atoms with Gasteiger partial charge in [-0.05, 0) is 82.9 Å². The Hall–Kier alpha value is -3.97. The van der Waals surface area contributed by atoms with E-state index in [1.165, 1.54) is 19.2 Å². The van der Waals surface area contributed by atoms with Crippen LogP contribution in [-0.4, -0.2) is 26.2 Å². The van der Waals surface area contributed by atoms with Crippen molar-refractivity contribution in [2.75, 3.05) is 25.1 Å². The third kappa shape index (κ3) is 5.47. The van der Waals surface area contributed by atoms with Gasteiger partial charge in [-0.15, -0.1) is 0 Å². The number of carbonyl (C=O) groups excluding carboxylic acids is 1. The lowest BCUT2D eigenvalue weighted by Gasteiger charge is -2.32. The van der Waals surface area contributed by atoms with Crippen molar-refractivity contribution in [3.63, 3.8) is 0 Å². The maximum atomic E-state index is 13.6. The molecule has 1 fully saturated rings. The quantitative estimate of drug-likeness (QED) is 0.156. The van der Waals surface area contributed by atoms with Crippen LogP contribution in [0.25, 0.3) is 32.7 Å². The first-order valence-electron chi connectivity index (χ1n) is 11.5. The van der Waals surface area contributed by atoms with E-state index in [0.29, 0.717) is 11.1 Å². The highest BCUT2D eigenvalue weighted by atomic mass is 19.4. The van der Waals surface area contributed by atoms with Gasteiger partial charge in [-0.3, -0.25) is 0 Å². The summed E-state index contributed by atoms with van der Waals surface area (Å²) < 4.78 is 45.7. The van der Waals surface area contributed by atoms with Crippen molar-refractivity contribution in [2.24, 2.45) is 11.0 Å². The molecule has 1 saturated heterocycles. The largest absolute Gasteiger partial charge is 0.465 e. The zero-order valence-electron chi connectivity index (χ0n) is 19.9. The van der Waals surface area contributed by atoms with Crippen LogP contribution in [0.15, 0.2) is 65.8 Å². The van der Waals surface area contributed by atoms with Crippen molar-refractivity contribution in [2.45, 2.75) is 25.9 Å². The molecule has 0 amide bonds. The number of esters is 1. The number of carbonyl (C=O) groups is 1. The summed E-state index contributed by atoms with van der Waals surface area (Å²) in [6.45, 7) is 4.25. The molecular formula is C27H25F3N4O2. The molecule has 1 aliphatic heterocycles. The van der Waals surface area contributed by atoms with Gasteiger partial charge in [-0.25, -0.2) is 4.79 Å². The molecule has 1 heterocycles. The average molecular weight is 495 g/mol. The van der Waals surface area contributed by atoms with Gasteiger partial charge in [0.15, 0.2) is 0 Å². The lowest BCUT2D eigenvalue weighted by Crippen LogP contribution is -2.32. The summed E-state index contributed by atoms with van der Waals surface area (Å²) in [7, 11) is 1.25. The molecule has 186 valence electrons. The Morgan fingerprint density at radius 1 is 0.972 bits per heavy atom. The second kappa shape index (κ2) is 10.3. The van der Waals surface area contributed by atoms with Crippen LogP contribution in [0.5, 0.6) is 0 Å². The van der Waals surface area contributed by atoms with Crippen LogP contribution in [0.1, 0.15) is 35.7 Å². The van der Waals surface area contributed by atoms with E-state index in [-0.39, 0.29) is 11.1 Å². The van der Waals surface area contributed by atoms with Crippen molar-refractivity contribution >= 4 is 17.3 Å². The Bertz CT molecular complexity index is 1310. The number of ether oxygens (including phenoxy) is 1. The number of hydrogen-bond donors (Lipinski definition) is 0. The van der Waals surface area contributed by atoms with Gasteiger partial charge in [-0.2, -0.15) is 13.2 Å². The molecule has 0 spiro atoms. The van der Waals surface area contributed by atoms with Crippen LogP contribution >= 0.6 is 0 Å². The normalized spacial score (nSPS) is 14.3.